The normalized spacial score (nSPS) is 9.71. The summed E-state index contributed by atoms with van der Waals surface area (Å²) in [6, 6.07) is 13.5. The highest BCUT2D eigenvalue weighted by Crippen LogP contribution is 2.26. The van der Waals surface area contributed by atoms with Gasteiger partial charge in [0.2, 0.25) is 0 Å². The van der Waals surface area contributed by atoms with Crippen LogP contribution in [-0.4, -0.2) is 0 Å². The van der Waals surface area contributed by atoms with Crippen molar-refractivity contribution in [2.75, 3.05) is 0 Å². The van der Waals surface area contributed by atoms with Gasteiger partial charge in [0.25, 0.3) is 0 Å². The van der Waals surface area contributed by atoms with Gasteiger partial charge < -0.3 is 4.74 Å². The molecule has 0 fully saturated rings. The van der Waals surface area contributed by atoms with Crippen LogP contribution in [-0.2, 0) is 0 Å². The summed E-state index contributed by atoms with van der Waals surface area (Å²) in [5, 5.41) is 8.65. The molecule has 0 saturated carbocycles. The van der Waals surface area contributed by atoms with Gasteiger partial charge in [0.05, 0.1) is 11.6 Å². The van der Waals surface area contributed by atoms with E-state index in [1.807, 2.05) is 6.07 Å². The first-order chi connectivity index (χ1) is 8.20. The molecule has 0 N–H and O–H groups in total. The average molecular weight is 227 g/mol. The van der Waals surface area contributed by atoms with Gasteiger partial charge in [-0.05, 0) is 42.8 Å². The number of nitriles is 1. The second kappa shape index (κ2) is 4.67. The number of halogens is 1. The fraction of sp³-hybridized carbons (Fsp3) is 0.0714. The molecule has 0 heterocycles. The maximum absolute atomic E-state index is 13.7. The predicted octanol–water partition coefficient (Wildman–Crippen LogP) is 3.80. The SMILES string of the molecule is Cc1cccc(Oc2ccc(C#N)cc2)c1F. The minimum absolute atomic E-state index is 0.190. The average Bonchev–Trinajstić information content (AvgIpc) is 2.36. The molecule has 2 nitrogen and oxygen atoms in total. The van der Waals surface area contributed by atoms with Crippen molar-refractivity contribution in [2.24, 2.45) is 0 Å². The molecule has 0 spiro atoms. The third kappa shape index (κ3) is 2.43. The van der Waals surface area contributed by atoms with Crippen molar-refractivity contribution in [3.63, 3.8) is 0 Å². The topological polar surface area (TPSA) is 33.0 Å². The molecule has 0 aliphatic rings. The second-order valence-corrected chi connectivity index (χ2v) is 3.63. The molecule has 0 radical (unpaired) electrons. The molecule has 0 aliphatic carbocycles. The Morgan fingerprint density at radius 3 is 2.47 bits per heavy atom. The first kappa shape index (κ1) is 11.2. The molecule has 0 aliphatic heterocycles. The first-order valence-corrected chi connectivity index (χ1v) is 5.14. The van der Waals surface area contributed by atoms with E-state index in [2.05, 4.69) is 0 Å². The fourth-order valence-electron chi connectivity index (χ4n) is 1.42. The quantitative estimate of drug-likeness (QED) is 0.781. The summed E-state index contributed by atoms with van der Waals surface area (Å²) < 4.78 is 19.1. The molecule has 84 valence electrons. The number of hydrogen-bond donors (Lipinski definition) is 0. The number of rotatable bonds is 2. The van der Waals surface area contributed by atoms with Gasteiger partial charge in [-0.3, -0.25) is 0 Å². The Morgan fingerprint density at radius 1 is 1.12 bits per heavy atom. The standard InChI is InChI=1S/C14H10FNO/c1-10-3-2-4-13(14(10)15)17-12-7-5-11(9-16)6-8-12/h2-8H,1H3. The Bertz CT molecular complexity index is 570. The van der Waals surface area contributed by atoms with E-state index in [4.69, 9.17) is 10.00 Å². The van der Waals surface area contributed by atoms with Crippen molar-refractivity contribution in [1.29, 1.82) is 5.26 Å². The third-order valence-corrected chi connectivity index (χ3v) is 2.37. The molecule has 2 rings (SSSR count). The van der Waals surface area contributed by atoms with E-state index in [0.29, 0.717) is 16.9 Å². The van der Waals surface area contributed by atoms with E-state index in [0.717, 1.165) is 0 Å². The van der Waals surface area contributed by atoms with Crippen LogP contribution in [0, 0.1) is 24.1 Å². The summed E-state index contributed by atoms with van der Waals surface area (Å²) >= 11 is 0. The smallest absolute Gasteiger partial charge is 0.168 e. The van der Waals surface area contributed by atoms with Crippen molar-refractivity contribution in [3.05, 3.63) is 59.4 Å². The van der Waals surface area contributed by atoms with Gasteiger partial charge in [-0.15, -0.1) is 0 Å². The molecular formula is C14H10FNO. The van der Waals surface area contributed by atoms with Gasteiger partial charge in [0.1, 0.15) is 5.75 Å². The lowest BCUT2D eigenvalue weighted by atomic mass is 10.2. The molecule has 2 aromatic carbocycles. The fourth-order valence-corrected chi connectivity index (χ4v) is 1.42. The molecule has 0 bridgehead atoms. The maximum atomic E-state index is 13.7. The summed E-state index contributed by atoms with van der Waals surface area (Å²) in [5.74, 6) is 0.333. The number of hydrogen-bond acceptors (Lipinski definition) is 2. The Labute approximate surface area is 98.9 Å². The van der Waals surface area contributed by atoms with Gasteiger partial charge >= 0.3 is 0 Å². The number of nitrogens with zero attached hydrogens (tertiary/aromatic N) is 1. The molecule has 17 heavy (non-hydrogen) atoms. The summed E-state index contributed by atoms with van der Waals surface area (Å²) in [5.41, 5.74) is 1.08. The maximum Gasteiger partial charge on any atom is 0.168 e. The summed E-state index contributed by atoms with van der Waals surface area (Å²) in [6.45, 7) is 1.68. The minimum atomic E-state index is -0.364. The van der Waals surface area contributed by atoms with Gasteiger partial charge in [0, 0.05) is 0 Å². The molecule has 0 saturated heterocycles. The lowest BCUT2D eigenvalue weighted by Crippen LogP contribution is -1.90. The van der Waals surface area contributed by atoms with E-state index < -0.39 is 0 Å². The van der Waals surface area contributed by atoms with Crippen LogP contribution in [0.2, 0.25) is 0 Å². The zero-order valence-electron chi connectivity index (χ0n) is 9.27. The van der Waals surface area contributed by atoms with Gasteiger partial charge in [-0.25, -0.2) is 4.39 Å². The Hall–Kier alpha value is -2.34. The van der Waals surface area contributed by atoms with Crippen molar-refractivity contribution in [1.82, 2.24) is 0 Å². The van der Waals surface area contributed by atoms with E-state index in [1.54, 1.807) is 49.4 Å². The summed E-state index contributed by atoms with van der Waals surface area (Å²) in [4.78, 5) is 0. The molecule has 2 aromatic rings. The lowest BCUT2D eigenvalue weighted by Gasteiger charge is -2.07. The summed E-state index contributed by atoms with van der Waals surface area (Å²) in [7, 11) is 0. The summed E-state index contributed by atoms with van der Waals surface area (Å²) in [6.07, 6.45) is 0. The van der Waals surface area contributed by atoms with Crippen LogP contribution in [0.1, 0.15) is 11.1 Å². The predicted molar refractivity (Wildman–Crippen MR) is 62.4 cm³/mol. The highest BCUT2D eigenvalue weighted by Gasteiger charge is 2.06. The minimum Gasteiger partial charge on any atom is -0.454 e. The second-order valence-electron chi connectivity index (χ2n) is 3.63. The van der Waals surface area contributed by atoms with E-state index in [-0.39, 0.29) is 11.6 Å². The van der Waals surface area contributed by atoms with Crippen LogP contribution in [0.15, 0.2) is 42.5 Å². The van der Waals surface area contributed by atoms with Crippen LogP contribution in [0.25, 0.3) is 0 Å². The zero-order valence-corrected chi connectivity index (χ0v) is 9.27. The lowest BCUT2D eigenvalue weighted by molar-refractivity contribution is 0.440. The molecule has 0 unspecified atom stereocenters. The van der Waals surface area contributed by atoms with Gasteiger partial charge in [0.15, 0.2) is 11.6 Å². The number of aryl methyl sites for hydroxylation is 1. The van der Waals surface area contributed by atoms with Crippen LogP contribution < -0.4 is 4.74 Å². The molecule has 3 heteroatoms. The van der Waals surface area contributed by atoms with E-state index in [9.17, 15) is 4.39 Å². The van der Waals surface area contributed by atoms with Crippen molar-refractivity contribution in [2.45, 2.75) is 6.92 Å². The number of ether oxygens (including phenoxy) is 1. The van der Waals surface area contributed by atoms with Crippen molar-refractivity contribution in [3.8, 4) is 17.6 Å². The monoisotopic (exact) mass is 227 g/mol. The van der Waals surface area contributed by atoms with E-state index in [1.165, 1.54) is 0 Å². The number of benzene rings is 2. The first-order valence-electron chi connectivity index (χ1n) is 5.14. The van der Waals surface area contributed by atoms with Crippen LogP contribution in [0.5, 0.6) is 11.5 Å². The Balaban J connectivity index is 2.26. The highest BCUT2D eigenvalue weighted by atomic mass is 19.1. The van der Waals surface area contributed by atoms with Crippen molar-refractivity contribution < 1.29 is 9.13 Å². The van der Waals surface area contributed by atoms with Crippen LogP contribution in [0.3, 0.4) is 0 Å². The van der Waals surface area contributed by atoms with Gasteiger partial charge in [-0.1, -0.05) is 12.1 Å². The van der Waals surface area contributed by atoms with Crippen LogP contribution >= 0.6 is 0 Å². The highest BCUT2D eigenvalue weighted by molar-refractivity contribution is 5.38. The molecule has 0 amide bonds. The molecular weight excluding hydrogens is 217 g/mol. The van der Waals surface area contributed by atoms with Crippen molar-refractivity contribution >= 4 is 0 Å². The Kier molecular flexibility index (Phi) is 3.06. The van der Waals surface area contributed by atoms with E-state index >= 15 is 0 Å². The molecule has 0 aromatic heterocycles. The van der Waals surface area contributed by atoms with Gasteiger partial charge in [-0.2, -0.15) is 5.26 Å². The molecule has 0 atom stereocenters. The zero-order chi connectivity index (χ0) is 12.3. The third-order valence-electron chi connectivity index (χ3n) is 2.37. The Morgan fingerprint density at radius 2 is 1.82 bits per heavy atom. The largest absolute Gasteiger partial charge is 0.454 e. The van der Waals surface area contributed by atoms with Crippen LogP contribution in [0.4, 0.5) is 4.39 Å².